The Morgan fingerprint density at radius 2 is 1.86 bits per heavy atom. The molecule has 0 saturated heterocycles. The number of nitrogen functional groups attached to an aromatic ring is 1. The van der Waals surface area contributed by atoms with E-state index in [1.54, 1.807) is 6.07 Å². The van der Waals surface area contributed by atoms with Gasteiger partial charge in [-0.05, 0) is 6.07 Å². The molecule has 0 saturated carbocycles. The maximum atomic E-state index is 6.03. The number of nitrogens with zero attached hydrogens (tertiary/aromatic N) is 1. The van der Waals surface area contributed by atoms with Crippen LogP contribution in [0.4, 0.5) is 11.4 Å². The van der Waals surface area contributed by atoms with Crippen molar-refractivity contribution >= 4 is 34.6 Å². The smallest absolute Gasteiger partial charge is 0.161 e. The Labute approximate surface area is 93.3 Å². The summed E-state index contributed by atoms with van der Waals surface area (Å²) >= 11 is 12.0. The number of rotatable bonds is 2. The van der Waals surface area contributed by atoms with Gasteiger partial charge in [0.15, 0.2) is 5.75 Å². The third kappa shape index (κ3) is 1.83. The van der Waals surface area contributed by atoms with Gasteiger partial charge >= 0.3 is 0 Å². The number of ether oxygens (including phenoxy) is 1. The number of benzene rings is 1. The van der Waals surface area contributed by atoms with E-state index in [2.05, 4.69) is 0 Å². The predicted molar refractivity (Wildman–Crippen MR) is 61.8 cm³/mol. The van der Waals surface area contributed by atoms with Crippen molar-refractivity contribution in [3.63, 3.8) is 0 Å². The Kier molecular flexibility index (Phi) is 3.34. The van der Waals surface area contributed by atoms with Crippen molar-refractivity contribution in [3.8, 4) is 5.75 Å². The van der Waals surface area contributed by atoms with E-state index in [0.29, 0.717) is 21.5 Å². The van der Waals surface area contributed by atoms with Crippen molar-refractivity contribution in [2.24, 2.45) is 0 Å². The minimum Gasteiger partial charge on any atom is -0.493 e. The van der Waals surface area contributed by atoms with Gasteiger partial charge in [0.25, 0.3) is 0 Å². The fourth-order valence-electron chi connectivity index (χ4n) is 1.15. The standard InChI is InChI=1S/C9H12Cl2N2O/c1-13(2)6-4-5(12)9(14-3)8(11)7(6)10/h4H,12H2,1-3H3. The molecule has 0 spiro atoms. The lowest BCUT2D eigenvalue weighted by molar-refractivity contribution is 0.417. The monoisotopic (exact) mass is 234 g/mol. The topological polar surface area (TPSA) is 38.5 Å². The van der Waals surface area contributed by atoms with Crippen molar-refractivity contribution in [1.29, 1.82) is 0 Å². The predicted octanol–water partition coefficient (Wildman–Crippen LogP) is 2.65. The molecule has 0 aliphatic rings. The van der Waals surface area contributed by atoms with Gasteiger partial charge in [0, 0.05) is 14.1 Å². The summed E-state index contributed by atoms with van der Waals surface area (Å²) < 4.78 is 5.03. The number of anilines is 2. The molecular formula is C9H12Cl2N2O. The van der Waals surface area contributed by atoms with Crippen molar-refractivity contribution in [1.82, 2.24) is 0 Å². The van der Waals surface area contributed by atoms with Crippen LogP contribution in [0.1, 0.15) is 0 Å². The van der Waals surface area contributed by atoms with Crippen molar-refractivity contribution in [2.45, 2.75) is 0 Å². The van der Waals surface area contributed by atoms with E-state index in [1.807, 2.05) is 19.0 Å². The minimum absolute atomic E-state index is 0.345. The molecule has 0 radical (unpaired) electrons. The van der Waals surface area contributed by atoms with E-state index >= 15 is 0 Å². The molecular weight excluding hydrogens is 223 g/mol. The lowest BCUT2D eigenvalue weighted by Crippen LogP contribution is -2.10. The summed E-state index contributed by atoms with van der Waals surface area (Å²) in [5, 5.41) is 0.792. The van der Waals surface area contributed by atoms with Crippen LogP contribution in [-0.2, 0) is 0 Å². The van der Waals surface area contributed by atoms with Crippen molar-refractivity contribution < 1.29 is 4.74 Å². The quantitative estimate of drug-likeness (QED) is 0.801. The van der Waals surface area contributed by atoms with E-state index < -0.39 is 0 Å². The normalized spacial score (nSPS) is 10.1. The molecule has 2 N–H and O–H groups in total. The largest absolute Gasteiger partial charge is 0.493 e. The SMILES string of the molecule is COc1c(N)cc(N(C)C)c(Cl)c1Cl. The van der Waals surface area contributed by atoms with E-state index in [-0.39, 0.29) is 0 Å². The summed E-state index contributed by atoms with van der Waals surface area (Å²) in [5.41, 5.74) is 7.00. The van der Waals surface area contributed by atoms with Crippen molar-refractivity contribution in [2.75, 3.05) is 31.8 Å². The van der Waals surface area contributed by atoms with Gasteiger partial charge in [-0.15, -0.1) is 0 Å². The molecule has 1 rings (SSSR count). The summed E-state index contributed by atoms with van der Waals surface area (Å²) in [5.74, 6) is 0.419. The van der Waals surface area contributed by atoms with E-state index in [9.17, 15) is 0 Å². The zero-order chi connectivity index (χ0) is 10.9. The van der Waals surface area contributed by atoms with Crippen LogP contribution in [0, 0.1) is 0 Å². The molecule has 0 unspecified atom stereocenters. The van der Waals surface area contributed by atoms with Gasteiger partial charge in [-0.2, -0.15) is 0 Å². The maximum absolute atomic E-state index is 6.03. The van der Waals surface area contributed by atoms with Gasteiger partial charge in [-0.25, -0.2) is 0 Å². The third-order valence-corrected chi connectivity index (χ3v) is 2.70. The van der Waals surface area contributed by atoms with Crippen LogP contribution in [-0.4, -0.2) is 21.2 Å². The molecule has 1 aromatic carbocycles. The Balaban J connectivity index is 3.40. The molecule has 0 heterocycles. The second kappa shape index (κ2) is 4.15. The van der Waals surface area contributed by atoms with Crippen LogP contribution in [0.5, 0.6) is 5.75 Å². The lowest BCUT2D eigenvalue weighted by Gasteiger charge is -2.18. The van der Waals surface area contributed by atoms with Gasteiger partial charge in [0.1, 0.15) is 5.02 Å². The molecule has 0 bridgehead atoms. The Morgan fingerprint density at radius 1 is 1.29 bits per heavy atom. The fourth-order valence-corrected chi connectivity index (χ4v) is 1.74. The van der Waals surface area contributed by atoms with E-state index in [4.69, 9.17) is 33.7 Å². The highest BCUT2D eigenvalue weighted by Gasteiger charge is 2.15. The highest BCUT2D eigenvalue weighted by Crippen LogP contribution is 2.42. The first-order valence-electron chi connectivity index (χ1n) is 3.97. The van der Waals surface area contributed by atoms with Gasteiger partial charge in [0.05, 0.1) is 23.5 Å². The molecule has 0 atom stereocenters. The van der Waals surface area contributed by atoms with Crippen LogP contribution in [0.2, 0.25) is 10.0 Å². The summed E-state index contributed by atoms with van der Waals surface area (Å²) in [4.78, 5) is 1.84. The van der Waals surface area contributed by atoms with Gasteiger partial charge < -0.3 is 15.4 Å². The first kappa shape index (κ1) is 11.3. The zero-order valence-electron chi connectivity index (χ0n) is 8.27. The highest BCUT2D eigenvalue weighted by atomic mass is 35.5. The number of hydrogen-bond acceptors (Lipinski definition) is 3. The van der Waals surface area contributed by atoms with Crippen LogP contribution in [0.15, 0.2) is 6.07 Å². The summed E-state index contributed by atoms with van der Waals surface area (Å²) in [6.45, 7) is 0. The average molecular weight is 235 g/mol. The second-order valence-corrected chi connectivity index (χ2v) is 3.80. The number of methoxy groups -OCH3 is 1. The summed E-state index contributed by atoms with van der Waals surface area (Å²) in [7, 11) is 5.23. The first-order chi connectivity index (χ1) is 6.49. The Morgan fingerprint density at radius 3 is 2.29 bits per heavy atom. The molecule has 5 heteroatoms. The highest BCUT2D eigenvalue weighted by molar-refractivity contribution is 6.45. The molecule has 3 nitrogen and oxygen atoms in total. The minimum atomic E-state index is 0.345. The van der Waals surface area contributed by atoms with Crippen LogP contribution >= 0.6 is 23.2 Å². The van der Waals surface area contributed by atoms with Crippen LogP contribution in [0.25, 0.3) is 0 Å². The molecule has 78 valence electrons. The maximum Gasteiger partial charge on any atom is 0.161 e. The molecule has 0 amide bonds. The molecule has 0 aliphatic heterocycles. The fraction of sp³-hybridized carbons (Fsp3) is 0.333. The van der Waals surface area contributed by atoms with Gasteiger partial charge in [-0.3, -0.25) is 0 Å². The molecule has 0 fully saturated rings. The Bertz CT molecular complexity index is 353. The second-order valence-electron chi connectivity index (χ2n) is 3.04. The van der Waals surface area contributed by atoms with Gasteiger partial charge in [0.2, 0.25) is 0 Å². The lowest BCUT2D eigenvalue weighted by atomic mass is 10.2. The average Bonchev–Trinajstić information content (AvgIpc) is 2.12. The van der Waals surface area contributed by atoms with E-state index in [1.165, 1.54) is 7.11 Å². The van der Waals surface area contributed by atoms with Crippen LogP contribution in [0.3, 0.4) is 0 Å². The molecule has 14 heavy (non-hydrogen) atoms. The number of hydrogen-bond donors (Lipinski definition) is 1. The molecule has 0 aromatic heterocycles. The molecule has 0 aliphatic carbocycles. The first-order valence-corrected chi connectivity index (χ1v) is 4.73. The zero-order valence-corrected chi connectivity index (χ0v) is 9.78. The van der Waals surface area contributed by atoms with Crippen LogP contribution < -0.4 is 15.4 Å². The number of nitrogens with two attached hydrogens (primary N) is 1. The summed E-state index contributed by atoms with van der Waals surface area (Å²) in [6.07, 6.45) is 0. The Hall–Kier alpha value is -0.800. The third-order valence-electron chi connectivity index (χ3n) is 1.86. The molecule has 1 aromatic rings. The van der Waals surface area contributed by atoms with E-state index in [0.717, 1.165) is 5.69 Å². The van der Waals surface area contributed by atoms with Crippen molar-refractivity contribution in [3.05, 3.63) is 16.1 Å². The number of halogens is 2. The van der Waals surface area contributed by atoms with Gasteiger partial charge in [-0.1, -0.05) is 23.2 Å². The summed E-state index contributed by atoms with van der Waals surface area (Å²) in [6, 6.07) is 1.73.